The summed E-state index contributed by atoms with van der Waals surface area (Å²) in [6.07, 6.45) is -1.61. The highest BCUT2D eigenvalue weighted by Crippen LogP contribution is 2.29. The van der Waals surface area contributed by atoms with Crippen molar-refractivity contribution in [3.8, 4) is 11.5 Å². The topological polar surface area (TPSA) is 38.7 Å². The molecule has 0 radical (unpaired) electrons. The Morgan fingerprint density at radius 3 is 2.38 bits per heavy atom. The van der Waals surface area contributed by atoms with Crippen LogP contribution in [0.2, 0.25) is 0 Å². The third-order valence-corrected chi connectivity index (χ3v) is 1.80. The number of ether oxygens (including phenoxy) is 2. The summed E-state index contributed by atoms with van der Waals surface area (Å²) in [6.45, 7) is 1.40. The fraction of sp³-hybridized carbons (Fsp3) is 0.400. The predicted molar refractivity (Wildman–Crippen MR) is 50.2 cm³/mol. The van der Waals surface area contributed by atoms with Gasteiger partial charge in [0, 0.05) is 0 Å². The molecule has 0 fully saturated rings. The average Bonchev–Trinajstić information content (AvgIpc) is 2.15. The maximum atomic E-state index is 9.44. The molecule has 0 amide bonds. The Bertz CT molecular complexity index is 318. The van der Waals surface area contributed by atoms with E-state index in [4.69, 9.17) is 10.8 Å². The Kier molecular flexibility index (Phi) is 2.67. The molecule has 1 aromatic rings. The lowest BCUT2D eigenvalue weighted by atomic mass is 10.1. The summed E-state index contributed by atoms with van der Waals surface area (Å²) >= 11 is 0. The van der Waals surface area contributed by atoms with Crippen molar-refractivity contribution in [1.29, 1.82) is 0 Å². The van der Waals surface area contributed by atoms with Crippen LogP contribution < -0.4 is 9.47 Å². The van der Waals surface area contributed by atoms with Gasteiger partial charge in [0.2, 0.25) is 0 Å². The summed E-state index contributed by atoms with van der Waals surface area (Å²) in [6, 6.07) is 4.89. The first-order valence-corrected chi connectivity index (χ1v) is 3.94. The number of methoxy groups -OCH3 is 2. The second kappa shape index (κ2) is 4.14. The molecule has 3 nitrogen and oxygen atoms in total. The first-order chi connectivity index (χ1) is 6.49. The van der Waals surface area contributed by atoms with Crippen molar-refractivity contribution in [2.45, 2.75) is 13.0 Å². The summed E-state index contributed by atoms with van der Waals surface area (Å²) in [4.78, 5) is 0. The molecule has 1 aromatic carbocycles. The van der Waals surface area contributed by atoms with E-state index in [1.165, 1.54) is 21.1 Å². The molecule has 0 aliphatic heterocycles. The molecular weight excluding hydrogens is 168 g/mol. The molecule has 0 spiro atoms. The van der Waals surface area contributed by atoms with Crippen LogP contribution in [0.25, 0.3) is 0 Å². The lowest BCUT2D eigenvalue weighted by molar-refractivity contribution is 0.198. The molecule has 1 unspecified atom stereocenters. The molecule has 0 saturated carbocycles. The molecule has 3 heteroatoms. The fourth-order valence-corrected chi connectivity index (χ4v) is 1.06. The van der Waals surface area contributed by atoms with Gasteiger partial charge in [0.25, 0.3) is 0 Å². The standard InChI is InChI=1S/C10H14O3/c1-7(11)8-4-5-9(12-2)10(6-8)13-3/h4-7,11H,1-3H3/i7D. The van der Waals surface area contributed by atoms with Crippen LogP contribution in [0.3, 0.4) is 0 Å². The van der Waals surface area contributed by atoms with E-state index in [-0.39, 0.29) is 0 Å². The highest BCUT2D eigenvalue weighted by Gasteiger charge is 2.06. The van der Waals surface area contributed by atoms with Gasteiger partial charge in [-0.05, 0) is 24.6 Å². The smallest absolute Gasteiger partial charge is 0.161 e. The Balaban J connectivity index is 3.14. The molecule has 0 aromatic heterocycles. The van der Waals surface area contributed by atoms with Crippen LogP contribution in [-0.2, 0) is 0 Å². The highest BCUT2D eigenvalue weighted by atomic mass is 16.5. The van der Waals surface area contributed by atoms with Gasteiger partial charge < -0.3 is 14.6 Å². The lowest BCUT2D eigenvalue weighted by Gasteiger charge is -2.10. The molecule has 1 rings (SSSR count). The third kappa shape index (κ3) is 2.12. The first kappa shape index (κ1) is 8.38. The minimum atomic E-state index is -1.61. The monoisotopic (exact) mass is 183 g/mol. The van der Waals surface area contributed by atoms with Crippen molar-refractivity contribution in [3.05, 3.63) is 23.8 Å². The van der Waals surface area contributed by atoms with Crippen molar-refractivity contribution < 1.29 is 16.0 Å². The fourth-order valence-electron chi connectivity index (χ4n) is 1.06. The second-order valence-electron chi connectivity index (χ2n) is 2.66. The number of rotatable bonds is 3. The van der Waals surface area contributed by atoms with Gasteiger partial charge in [-0.2, -0.15) is 0 Å². The quantitative estimate of drug-likeness (QED) is 0.776. The van der Waals surface area contributed by atoms with Crippen LogP contribution in [0.4, 0.5) is 0 Å². The van der Waals surface area contributed by atoms with Crippen molar-refractivity contribution in [3.63, 3.8) is 0 Å². The van der Waals surface area contributed by atoms with Gasteiger partial charge in [0.1, 0.15) is 0 Å². The summed E-state index contributed by atoms with van der Waals surface area (Å²) in [7, 11) is 3.05. The van der Waals surface area contributed by atoms with Crippen LogP contribution in [0.15, 0.2) is 18.2 Å². The van der Waals surface area contributed by atoms with Crippen LogP contribution in [0, 0.1) is 0 Å². The van der Waals surface area contributed by atoms with E-state index >= 15 is 0 Å². The van der Waals surface area contributed by atoms with E-state index in [1.54, 1.807) is 18.2 Å². The maximum absolute atomic E-state index is 9.44. The van der Waals surface area contributed by atoms with Crippen LogP contribution >= 0.6 is 0 Å². The zero-order valence-corrected chi connectivity index (χ0v) is 8.00. The Morgan fingerprint density at radius 1 is 1.31 bits per heavy atom. The molecule has 1 N–H and O–H groups in total. The summed E-state index contributed by atoms with van der Waals surface area (Å²) in [5.41, 5.74) is 0.468. The minimum Gasteiger partial charge on any atom is -0.493 e. The van der Waals surface area contributed by atoms with Crippen LogP contribution in [-0.4, -0.2) is 19.3 Å². The van der Waals surface area contributed by atoms with Crippen molar-refractivity contribution in [2.75, 3.05) is 14.2 Å². The van der Waals surface area contributed by atoms with E-state index < -0.39 is 6.08 Å². The van der Waals surface area contributed by atoms with E-state index in [9.17, 15) is 5.11 Å². The Labute approximate surface area is 79.3 Å². The highest BCUT2D eigenvalue weighted by molar-refractivity contribution is 5.43. The molecule has 0 bridgehead atoms. The van der Waals surface area contributed by atoms with Crippen molar-refractivity contribution >= 4 is 0 Å². The van der Waals surface area contributed by atoms with Gasteiger partial charge in [-0.25, -0.2) is 0 Å². The number of hydrogen-bond donors (Lipinski definition) is 1. The number of aliphatic hydroxyl groups is 1. The molecule has 72 valence electrons. The van der Waals surface area contributed by atoms with Crippen molar-refractivity contribution in [1.82, 2.24) is 0 Å². The Hall–Kier alpha value is -1.22. The van der Waals surface area contributed by atoms with Crippen LogP contribution in [0.1, 0.15) is 19.9 Å². The minimum absolute atomic E-state index is 0.468. The summed E-state index contributed by atoms with van der Waals surface area (Å²) < 4.78 is 17.5. The molecular formula is C10H14O3. The van der Waals surface area contributed by atoms with Gasteiger partial charge >= 0.3 is 0 Å². The van der Waals surface area contributed by atoms with E-state index in [2.05, 4.69) is 0 Å². The molecule has 13 heavy (non-hydrogen) atoms. The zero-order chi connectivity index (χ0) is 10.8. The van der Waals surface area contributed by atoms with Crippen molar-refractivity contribution in [2.24, 2.45) is 0 Å². The summed E-state index contributed by atoms with van der Waals surface area (Å²) in [5.74, 6) is 1.10. The predicted octanol–water partition coefficient (Wildman–Crippen LogP) is 1.76. The van der Waals surface area contributed by atoms with Gasteiger partial charge in [0.15, 0.2) is 11.5 Å². The van der Waals surface area contributed by atoms with E-state index in [0.717, 1.165) is 0 Å². The average molecular weight is 183 g/mol. The largest absolute Gasteiger partial charge is 0.493 e. The lowest BCUT2D eigenvalue weighted by Crippen LogP contribution is -1.95. The SMILES string of the molecule is [2H]C(C)(O)c1ccc(OC)c(OC)c1. The number of benzene rings is 1. The van der Waals surface area contributed by atoms with E-state index in [1.807, 2.05) is 0 Å². The number of hydrogen-bond acceptors (Lipinski definition) is 3. The Morgan fingerprint density at radius 2 is 1.92 bits per heavy atom. The molecule has 0 heterocycles. The molecule has 0 aliphatic carbocycles. The third-order valence-electron chi connectivity index (χ3n) is 1.80. The second-order valence-corrected chi connectivity index (χ2v) is 2.66. The maximum Gasteiger partial charge on any atom is 0.161 e. The normalized spacial score (nSPS) is 15.8. The summed E-state index contributed by atoms with van der Waals surface area (Å²) in [5, 5.41) is 9.44. The molecule has 1 atom stereocenters. The molecule has 0 aliphatic rings. The van der Waals surface area contributed by atoms with Gasteiger partial charge in [-0.3, -0.25) is 0 Å². The van der Waals surface area contributed by atoms with Gasteiger partial charge in [-0.15, -0.1) is 0 Å². The zero-order valence-electron chi connectivity index (χ0n) is 9.00. The van der Waals surface area contributed by atoms with Gasteiger partial charge in [0.05, 0.1) is 21.7 Å². The van der Waals surface area contributed by atoms with E-state index in [0.29, 0.717) is 17.1 Å². The van der Waals surface area contributed by atoms with Crippen LogP contribution in [0.5, 0.6) is 11.5 Å². The van der Waals surface area contributed by atoms with Gasteiger partial charge in [-0.1, -0.05) is 6.07 Å². The first-order valence-electron chi connectivity index (χ1n) is 4.44. The molecule has 0 saturated heterocycles.